The van der Waals surface area contributed by atoms with Crippen molar-refractivity contribution in [3.05, 3.63) is 181 Å². The van der Waals surface area contributed by atoms with Crippen molar-refractivity contribution >= 4 is 38.9 Å². The van der Waals surface area contributed by atoms with E-state index in [1.54, 1.807) is 0 Å². The largest absolute Gasteiger partial charge is 0.311 e. The van der Waals surface area contributed by atoms with E-state index in [4.69, 9.17) is 0 Å². The summed E-state index contributed by atoms with van der Waals surface area (Å²) in [6, 6.07) is 63.5. The second-order valence-corrected chi connectivity index (χ2v) is 12.4. The number of rotatable bonds is 7. The lowest BCUT2D eigenvalue weighted by Crippen LogP contribution is -2.09. The lowest BCUT2D eigenvalue weighted by atomic mass is 9.92. The van der Waals surface area contributed by atoms with Crippen LogP contribution in [-0.2, 0) is 0 Å². The lowest BCUT2D eigenvalue weighted by Gasteiger charge is -2.26. The SMILES string of the molecule is CC(C)c1ccccc1-c1ccc(N(c2ccccc2)c2ccc(-c3ccc4c(c3)c3ccccc3n4-c3ccccc3)cc2)cc1. The van der Waals surface area contributed by atoms with Crippen molar-refractivity contribution in [2.45, 2.75) is 19.8 Å². The Labute approximate surface area is 276 Å². The summed E-state index contributed by atoms with van der Waals surface area (Å²) >= 11 is 0. The van der Waals surface area contributed by atoms with Crippen LogP contribution in [0.2, 0.25) is 0 Å². The average molecular weight is 605 g/mol. The standard InChI is InChI=1S/C45H36N2/c1-32(2)40-17-9-10-18-41(40)34-23-28-39(29-24-34)46(36-13-5-3-6-14-36)38-26-21-33(22-27-38)35-25-30-45-43(31-35)42-19-11-12-20-44(42)47(45)37-15-7-4-8-16-37/h3-32H,1-2H3. The molecule has 0 bridgehead atoms. The van der Waals surface area contributed by atoms with E-state index in [0.29, 0.717) is 5.92 Å². The molecule has 0 unspecified atom stereocenters. The lowest BCUT2D eigenvalue weighted by molar-refractivity contribution is 0.869. The van der Waals surface area contributed by atoms with E-state index in [0.717, 1.165) is 17.1 Å². The summed E-state index contributed by atoms with van der Waals surface area (Å²) in [6.07, 6.45) is 0. The van der Waals surface area contributed by atoms with E-state index < -0.39 is 0 Å². The average Bonchev–Trinajstić information content (AvgIpc) is 3.47. The Bertz CT molecular complexity index is 2300. The number of benzene rings is 7. The highest BCUT2D eigenvalue weighted by Crippen LogP contribution is 2.39. The minimum absolute atomic E-state index is 0.466. The first-order valence-electron chi connectivity index (χ1n) is 16.4. The van der Waals surface area contributed by atoms with Gasteiger partial charge in [-0.3, -0.25) is 0 Å². The molecule has 0 atom stereocenters. The zero-order valence-corrected chi connectivity index (χ0v) is 26.7. The Balaban J connectivity index is 1.17. The third-order valence-corrected chi connectivity index (χ3v) is 9.18. The fourth-order valence-corrected chi connectivity index (χ4v) is 6.89. The molecule has 47 heavy (non-hydrogen) atoms. The molecule has 2 nitrogen and oxygen atoms in total. The van der Waals surface area contributed by atoms with Crippen LogP contribution in [0.4, 0.5) is 17.1 Å². The number of nitrogens with zero attached hydrogens (tertiary/aromatic N) is 2. The zero-order valence-electron chi connectivity index (χ0n) is 26.7. The molecule has 2 heteroatoms. The summed E-state index contributed by atoms with van der Waals surface area (Å²) in [6.45, 7) is 4.52. The molecule has 0 aliphatic rings. The van der Waals surface area contributed by atoms with Gasteiger partial charge in [-0.05, 0) is 100 Å². The van der Waals surface area contributed by atoms with Gasteiger partial charge >= 0.3 is 0 Å². The maximum absolute atomic E-state index is 2.36. The molecule has 0 saturated carbocycles. The summed E-state index contributed by atoms with van der Waals surface area (Å²) in [5.41, 5.74) is 13.3. The van der Waals surface area contributed by atoms with Crippen LogP contribution >= 0.6 is 0 Å². The quantitative estimate of drug-likeness (QED) is 0.176. The van der Waals surface area contributed by atoms with E-state index >= 15 is 0 Å². The van der Waals surface area contributed by atoms with Gasteiger partial charge in [0.15, 0.2) is 0 Å². The minimum Gasteiger partial charge on any atom is -0.311 e. The molecule has 1 aromatic heterocycles. The van der Waals surface area contributed by atoms with Crippen LogP contribution in [0.3, 0.4) is 0 Å². The first-order valence-corrected chi connectivity index (χ1v) is 16.4. The van der Waals surface area contributed by atoms with Gasteiger partial charge in [0.1, 0.15) is 0 Å². The highest BCUT2D eigenvalue weighted by atomic mass is 15.1. The van der Waals surface area contributed by atoms with Crippen molar-refractivity contribution < 1.29 is 0 Å². The fraction of sp³-hybridized carbons (Fsp3) is 0.0667. The molecule has 8 rings (SSSR count). The zero-order chi connectivity index (χ0) is 31.7. The molecule has 1 heterocycles. The maximum atomic E-state index is 2.36. The van der Waals surface area contributed by atoms with Crippen LogP contribution in [-0.4, -0.2) is 4.57 Å². The third-order valence-electron chi connectivity index (χ3n) is 9.18. The van der Waals surface area contributed by atoms with E-state index in [-0.39, 0.29) is 0 Å². The highest BCUT2D eigenvalue weighted by molar-refractivity contribution is 6.10. The Morgan fingerprint density at radius 2 is 0.957 bits per heavy atom. The van der Waals surface area contributed by atoms with Gasteiger partial charge < -0.3 is 9.47 Å². The van der Waals surface area contributed by atoms with Crippen LogP contribution in [0.25, 0.3) is 49.7 Å². The van der Waals surface area contributed by atoms with Gasteiger partial charge in [0.2, 0.25) is 0 Å². The van der Waals surface area contributed by atoms with Gasteiger partial charge in [-0.15, -0.1) is 0 Å². The summed E-state index contributed by atoms with van der Waals surface area (Å²) < 4.78 is 2.36. The molecular weight excluding hydrogens is 569 g/mol. The molecule has 0 aliphatic heterocycles. The van der Waals surface area contributed by atoms with Crippen LogP contribution < -0.4 is 4.90 Å². The molecule has 0 radical (unpaired) electrons. The molecular formula is C45H36N2. The van der Waals surface area contributed by atoms with Crippen LogP contribution in [0.5, 0.6) is 0 Å². The third kappa shape index (κ3) is 5.28. The Morgan fingerprint density at radius 3 is 1.66 bits per heavy atom. The second kappa shape index (κ2) is 12.2. The van der Waals surface area contributed by atoms with Gasteiger partial charge in [-0.25, -0.2) is 0 Å². The molecule has 0 spiro atoms. The van der Waals surface area contributed by atoms with Crippen molar-refractivity contribution in [2.24, 2.45) is 0 Å². The molecule has 226 valence electrons. The maximum Gasteiger partial charge on any atom is 0.0541 e. The molecule has 8 aromatic rings. The van der Waals surface area contributed by atoms with Crippen LogP contribution in [0.15, 0.2) is 176 Å². The first-order chi connectivity index (χ1) is 23.2. The molecule has 0 amide bonds. The number of fused-ring (bicyclic) bond motifs is 3. The smallest absolute Gasteiger partial charge is 0.0541 e. The molecule has 7 aromatic carbocycles. The number of hydrogen-bond acceptors (Lipinski definition) is 1. The minimum atomic E-state index is 0.466. The predicted molar refractivity (Wildman–Crippen MR) is 200 cm³/mol. The Kier molecular flexibility index (Phi) is 7.39. The summed E-state index contributed by atoms with van der Waals surface area (Å²) in [7, 11) is 0. The van der Waals surface area contributed by atoms with Gasteiger partial charge in [0, 0.05) is 33.5 Å². The highest BCUT2D eigenvalue weighted by Gasteiger charge is 2.16. The van der Waals surface area contributed by atoms with E-state index in [2.05, 4.69) is 199 Å². The first kappa shape index (κ1) is 28.6. The molecule has 0 aliphatic carbocycles. The van der Waals surface area contributed by atoms with E-state index in [9.17, 15) is 0 Å². The summed E-state index contributed by atoms with van der Waals surface area (Å²) in [5, 5.41) is 2.52. The topological polar surface area (TPSA) is 8.17 Å². The summed E-state index contributed by atoms with van der Waals surface area (Å²) in [4.78, 5) is 2.33. The fourth-order valence-electron chi connectivity index (χ4n) is 6.89. The van der Waals surface area contributed by atoms with Gasteiger partial charge in [-0.1, -0.05) is 123 Å². The van der Waals surface area contributed by atoms with Gasteiger partial charge in [0.25, 0.3) is 0 Å². The normalized spacial score (nSPS) is 11.4. The monoisotopic (exact) mass is 604 g/mol. The molecule has 0 N–H and O–H groups in total. The van der Waals surface area contributed by atoms with E-state index in [1.165, 1.54) is 55.3 Å². The number of aromatic nitrogens is 1. The van der Waals surface area contributed by atoms with Crippen molar-refractivity contribution in [3.63, 3.8) is 0 Å². The molecule has 0 saturated heterocycles. The van der Waals surface area contributed by atoms with Gasteiger partial charge in [-0.2, -0.15) is 0 Å². The van der Waals surface area contributed by atoms with Crippen molar-refractivity contribution in [1.29, 1.82) is 0 Å². The van der Waals surface area contributed by atoms with Crippen molar-refractivity contribution in [2.75, 3.05) is 4.90 Å². The summed E-state index contributed by atoms with van der Waals surface area (Å²) in [5.74, 6) is 0.466. The van der Waals surface area contributed by atoms with E-state index in [1.807, 2.05) is 0 Å². The van der Waals surface area contributed by atoms with Crippen molar-refractivity contribution in [3.8, 4) is 27.9 Å². The van der Waals surface area contributed by atoms with Crippen LogP contribution in [0, 0.1) is 0 Å². The van der Waals surface area contributed by atoms with Crippen LogP contribution in [0.1, 0.15) is 25.3 Å². The number of para-hydroxylation sites is 3. The Morgan fingerprint density at radius 1 is 0.426 bits per heavy atom. The second-order valence-electron chi connectivity index (χ2n) is 12.4. The van der Waals surface area contributed by atoms with Crippen molar-refractivity contribution in [1.82, 2.24) is 4.57 Å². The predicted octanol–water partition coefficient (Wildman–Crippen LogP) is 12.7. The molecule has 0 fully saturated rings. The Hall–Kier alpha value is -5.86. The van der Waals surface area contributed by atoms with Gasteiger partial charge in [0.05, 0.1) is 11.0 Å². The number of anilines is 3. The number of hydrogen-bond donors (Lipinski definition) is 0.